The van der Waals surface area contributed by atoms with Crippen LogP contribution in [0.1, 0.15) is 0 Å². The van der Waals surface area contributed by atoms with Crippen molar-refractivity contribution >= 4 is 25.7 Å². The summed E-state index contributed by atoms with van der Waals surface area (Å²) in [6, 6.07) is 0. The van der Waals surface area contributed by atoms with Crippen molar-refractivity contribution < 1.29 is 40.9 Å². The van der Waals surface area contributed by atoms with Crippen LogP contribution in [-0.4, -0.2) is 23.4 Å². The van der Waals surface area contributed by atoms with Gasteiger partial charge < -0.3 is 24.7 Å². The standard InChI is InChI=1S/3CH5N3.H3O4P.H2O/c3*2-1(3)4;1-5(2,3)4;/h3*(H5,2,3,4);(H3,1,2,3,4);1H2. The van der Waals surface area contributed by atoms with Crippen molar-refractivity contribution in [1.82, 2.24) is 0 Å². The van der Waals surface area contributed by atoms with E-state index >= 15 is 0 Å². The summed E-state index contributed by atoms with van der Waals surface area (Å²) in [7, 11) is -5.39. The average molecular weight is 293 g/mol. The first-order valence-corrected chi connectivity index (χ1v) is 4.79. The predicted molar refractivity (Wildman–Crippen MR) is 57.1 cm³/mol. The molecule has 0 spiro atoms. The van der Waals surface area contributed by atoms with Gasteiger partial charge in [-0.3, -0.25) is 50.6 Å². The van der Waals surface area contributed by atoms with Gasteiger partial charge in [0.1, 0.15) is 0 Å². The van der Waals surface area contributed by atoms with E-state index in [1.54, 1.807) is 0 Å². The molecule has 0 fully saturated rings. The fourth-order valence-corrected chi connectivity index (χ4v) is 0. The van der Waals surface area contributed by atoms with Gasteiger partial charge in [-0.2, -0.15) is 7.82 Å². The molecule has 0 amide bonds. The average Bonchev–Trinajstić information content (AvgIpc) is 1.73. The molecule has 0 saturated heterocycles. The molecular weight excluding hydrogens is 273 g/mol. The molecule has 0 bridgehead atoms. The van der Waals surface area contributed by atoms with Crippen molar-refractivity contribution in [2.24, 2.45) is 34.4 Å². The summed E-state index contributed by atoms with van der Waals surface area (Å²) in [4.78, 5) is 25.6. The van der Waals surface area contributed by atoms with E-state index in [9.17, 15) is 0 Å². The molecule has 20 N–H and O–H groups in total. The molecule has 15 heteroatoms. The Balaban J connectivity index is -0.0000000412. The van der Waals surface area contributed by atoms with Gasteiger partial charge in [-0.05, 0) is 0 Å². The normalized spacial score (nSPS) is 7.28. The molecule has 0 heterocycles. The fraction of sp³-hybridized carbons (Fsp3) is 0. The second kappa shape index (κ2) is 17.3. The van der Waals surface area contributed by atoms with Crippen LogP contribution in [-0.2, 0) is 4.57 Å². The Morgan fingerprint density at radius 2 is 0.722 bits per heavy atom. The zero-order chi connectivity index (χ0) is 15.2. The van der Waals surface area contributed by atoms with Crippen molar-refractivity contribution in [1.29, 1.82) is 0 Å². The van der Waals surface area contributed by atoms with Crippen LogP contribution in [0.2, 0.25) is 0 Å². The lowest BCUT2D eigenvalue weighted by Gasteiger charge is -2.36. The van der Waals surface area contributed by atoms with E-state index in [1.807, 2.05) is 0 Å². The molecule has 0 radical (unpaired) electrons. The van der Waals surface area contributed by atoms with Crippen LogP contribution in [0.15, 0.2) is 0 Å². The number of hydrogen-bond donors (Lipinski definition) is 9. The highest BCUT2D eigenvalue weighted by Gasteiger charge is 1.64. The molecule has 18 heavy (non-hydrogen) atoms. The topological polar surface area (TPSA) is 351 Å². The molecule has 0 aliphatic rings. The highest BCUT2D eigenvalue weighted by atomic mass is 31.2. The largest absolute Gasteiger partial charge is 0.822 e. The van der Waals surface area contributed by atoms with Crippen LogP contribution in [0.25, 0.3) is 0 Å². The first-order chi connectivity index (χ1) is 7.20. The zero-order valence-corrected chi connectivity index (χ0v) is 10.2. The van der Waals surface area contributed by atoms with Gasteiger partial charge >= 0.3 is 17.9 Å². The molecule has 0 aliphatic carbocycles. The Hall–Kier alpha value is -2.12. The van der Waals surface area contributed by atoms with Gasteiger partial charge in [0.25, 0.3) is 0 Å². The Labute approximate surface area is 102 Å². The van der Waals surface area contributed by atoms with Crippen LogP contribution in [0.3, 0.4) is 0 Å². The Morgan fingerprint density at radius 3 is 0.722 bits per heavy atom. The van der Waals surface area contributed by atoms with Crippen molar-refractivity contribution in [2.75, 3.05) is 0 Å². The third-order valence-electron chi connectivity index (χ3n) is 0. The molecule has 0 aromatic rings. The maximum Gasteiger partial charge on any atom is 0.336 e. The summed E-state index contributed by atoms with van der Waals surface area (Å²) in [5.41, 5.74) is 27.5. The molecule has 0 aromatic carbocycles. The Bertz CT molecular complexity index is 227. The van der Waals surface area contributed by atoms with Crippen LogP contribution in [0.5, 0.6) is 0 Å². The monoisotopic (exact) mass is 293 g/mol. The first kappa shape index (κ1) is 29.7. The molecule has 112 valence electrons. The number of phosphoric acid groups is 1. The van der Waals surface area contributed by atoms with Gasteiger partial charge in [-0.25, -0.2) is 0 Å². The zero-order valence-electron chi connectivity index (χ0n) is 9.28. The summed E-state index contributed by atoms with van der Waals surface area (Å²) < 4.78 is 8.55. The van der Waals surface area contributed by atoms with Crippen LogP contribution >= 0.6 is 7.82 Å². The highest BCUT2D eigenvalue weighted by Crippen LogP contribution is 2.03. The minimum Gasteiger partial charge on any atom is -0.822 e. The predicted octanol–water partition coefficient (Wildman–Crippen LogP) is -12.6. The maximum atomic E-state index is 8.55. The number of rotatable bonds is 0. The van der Waals surface area contributed by atoms with E-state index in [4.69, 9.17) is 19.2 Å². The number of hydrogen-bond acceptors (Lipinski definition) is 4. The van der Waals surface area contributed by atoms with E-state index in [1.165, 1.54) is 0 Å². The van der Waals surface area contributed by atoms with E-state index in [2.05, 4.69) is 50.6 Å². The summed E-state index contributed by atoms with van der Waals surface area (Å²) in [6.45, 7) is 0. The van der Waals surface area contributed by atoms with Gasteiger partial charge in [0.05, 0.1) is 0 Å². The van der Waals surface area contributed by atoms with Crippen molar-refractivity contribution in [3.63, 3.8) is 0 Å². The number of nitrogens with two attached hydrogens (primary N) is 9. The third-order valence-corrected chi connectivity index (χ3v) is 0. The minimum absolute atomic E-state index is 0. The van der Waals surface area contributed by atoms with Gasteiger partial charge in [-0.15, -0.1) is 0 Å². The first-order valence-electron chi connectivity index (χ1n) is 3.33. The van der Waals surface area contributed by atoms with Gasteiger partial charge in [0, 0.05) is 0 Å². The van der Waals surface area contributed by atoms with E-state index in [0.717, 1.165) is 0 Å². The van der Waals surface area contributed by atoms with Gasteiger partial charge in [0.15, 0.2) is 0 Å². The quantitative estimate of drug-likeness (QED) is 0.115. The third kappa shape index (κ3) is 512. The van der Waals surface area contributed by atoms with E-state index in [-0.39, 0.29) is 23.4 Å². The molecule has 0 aliphatic heterocycles. The van der Waals surface area contributed by atoms with Crippen molar-refractivity contribution in [3.05, 3.63) is 0 Å². The summed E-state index contributed by atoms with van der Waals surface area (Å²) in [6.07, 6.45) is 0. The van der Waals surface area contributed by atoms with Gasteiger partial charge in [-0.1, -0.05) is 0 Å². The molecule has 0 atom stereocenters. The second-order valence-corrected chi connectivity index (χ2v) is 2.84. The Morgan fingerprint density at radius 1 is 0.722 bits per heavy atom. The van der Waals surface area contributed by atoms with Crippen molar-refractivity contribution in [2.45, 2.75) is 0 Å². The SMILES string of the molecule is NC(N)=[NH2+].NC(N)=[NH2+].NC(N)=[NH2+].O.O=P([O-])([O-])[O-]. The highest BCUT2D eigenvalue weighted by molar-refractivity contribution is 7.40. The van der Waals surface area contributed by atoms with Crippen LogP contribution in [0.4, 0.5) is 0 Å². The summed E-state index contributed by atoms with van der Waals surface area (Å²) >= 11 is 0. The molecular formula is C3H20N9O5P. The summed E-state index contributed by atoms with van der Waals surface area (Å²) in [5.74, 6) is -0.250. The van der Waals surface area contributed by atoms with E-state index in [0.29, 0.717) is 0 Å². The Kier molecular flexibility index (Phi) is 28.5. The van der Waals surface area contributed by atoms with Crippen LogP contribution in [0, 0.1) is 0 Å². The number of guanidine groups is 3. The molecule has 14 nitrogen and oxygen atoms in total. The van der Waals surface area contributed by atoms with Gasteiger partial charge in [0.2, 0.25) is 0 Å². The second-order valence-electron chi connectivity index (χ2n) is 1.95. The minimum atomic E-state index is -5.39. The lowest BCUT2D eigenvalue weighted by atomic mass is 11.1. The smallest absolute Gasteiger partial charge is 0.336 e. The van der Waals surface area contributed by atoms with Crippen molar-refractivity contribution in [3.8, 4) is 0 Å². The maximum absolute atomic E-state index is 8.55. The molecule has 0 aromatic heterocycles. The lowest BCUT2D eigenvalue weighted by molar-refractivity contribution is -0.432. The fourth-order valence-electron chi connectivity index (χ4n) is 0. The summed E-state index contributed by atoms with van der Waals surface area (Å²) in [5, 5.41) is 13.8. The molecule has 0 saturated carbocycles. The van der Waals surface area contributed by atoms with Crippen LogP contribution < -0.4 is 65.3 Å². The molecule has 0 rings (SSSR count). The van der Waals surface area contributed by atoms with E-state index < -0.39 is 7.82 Å². The molecule has 0 unspecified atom stereocenters. The lowest BCUT2D eigenvalue weighted by Crippen LogP contribution is -2.51.